The van der Waals surface area contributed by atoms with Crippen molar-refractivity contribution in [2.45, 2.75) is 13.8 Å². The van der Waals surface area contributed by atoms with E-state index in [-0.39, 0.29) is 6.54 Å². The Morgan fingerprint density at radius 1 is 1.08 bits per heavy atom. The standard InChI is InChI=1S/C18H21N3O4S/c1-12-7-4-5-10-16(12)21(26(3,24)25)11-17(22)20-15-9-6-8-14(13(15)2)18(19)23/h4-10H,11H2,1-3H3,(H2,19,23)(H,20,22). The van der Waals surface area contributed by atoms with Gasteiger partial charge in [0, 0.05) is 11.3 Å². The minimum absolute atomic E-state index is 0.293. The second-order valence-corrected chi connectivity index (χ2v) is 7.85. The lowest BCUT2D eigenvalue weighted by molar-refractivity contribution is -0.114. The molecule has 0 aliphatic rings. The highest BCUT2D eigenvalue weighted by Crippen LogP contribution is 2.23. The molecule has 2 rings (SSSR count). The summed E-state index contributed by atoms with van der Waals surface area (Å²) in [6, 6.07) is 11.7. The molecular formula is C18H21N3O4S. The number of hydrogen-bond acceptors (Lipinski definition) is 4. The Labute approximate surface area is 152 Å². The summed E-state index contributed by atoms with van der Waals surface area (Å²) < 4.78 is 25.4. The van der Waals surface area contributed by atoms with E-state index in [9.17, 15) is 18.0 Å². The van der Waals surface area contributed by atoms with E-state index in [0.717, 1.165) is 16.1 Å². The van der Waals surface area contributed by atoms with Crippen LogP contribution in [0.15, 0.2) is 42.5 Å². The van der Waals surface area contributed by atoms with Gasteiger partial charge in [-0.25, -0.2) is 8.42 Å². The SMILES string of the molecule is Cc1ccccc1N(CC(=O)Nc1cccc(C(N)=O)c1C)S(C)(=O)=O. The molecule has 0 bridgehead atoms. The lowest BCUT2D eigenvalue weighted by Gasteiger charge is -2.23. The fourth-order valence-electron chi connectivity index (χ4n) is 2.58. The van der Waals surface area contributed by atoms with Crippen molar-refractivity contribution >= 4 is 33.2 Å². The van der Waals surface area contributed by atoms with Crippen molar-refractivity contribution in [3.05, 3.63) is 59.2 Å². The average Bonchev–Trinajstić information content (AvgIpc) is 2.54. The van der Waals surface area contributed by atoms with E-state index in [1.54, 1.807) is 56.3 Å². The van der Waals surface area contributed by atoms with E-state index in [1.165, 1.54) is 0 Å². The minimum atomic E-state index is -3.66. The van der Waals surface area contributed by atoms with Crippen LogP contribution in [-0.2, 0) is 14.8 Å². The summed E-state index contributed by atoms with van der Waals surface area (Å²) in [6.07, 6.45) is 1.05. The molecule has 2 aromatic rings. The molecule has 8 heteroatoms. The average molecular weight is 375 g/mol. The Kier molecular flexibility index (Phi) is 5.66. The summed E-state index contributed by atoms with van der Waals surface area (Å²) in [5, 5.41) is 2.64. The van der Waals surface area contributed by atoms with Gasteiger partial charge in [-0.1, -0.05) is 24.3 Å². The van der Waals surface area contributed by atoms with Crippen molar-refractivity contribution in [2.24, 2.45) is 5.73 Å². The second kappa shape index (κ2) is 7.57. The first-order chi connectivity index (χ1) is 12.1. The van der Waals surface area contributed by atoms with E-state index < -0.39 is 21.8 Å². The molecule has 0 spiro atoms. The van der Waals surface area contributed by atoms with E-state index in [0.29, 0.717) is 22.5 Å². The monoisotopic (exact) mass is 375 g/mol. The summed E-state index contributed by atoms with van der Waals surface area (Å²) >= 11 is 0. The molecular weight excluding hydrogens is 354 g/mol. The number of nitrogens with two attached hydrogens (primary N) is 1. The zero-order valence-corrected chi connectivity index (χ0v) is 15.6. The van der Waals surface area contributed by atoms with Gasteiger partial charge < -0.3 is 11.1 Å². The number of primary amides is 1. The quantitative estimate of drug-likeness (QED) is 0.802. The molecule has 26 heavy (non-hydrogen) atoms. The number of rotatable bonds is 6. The van der Waals surface area contributed by atoms with Gasteiger partial charge in [0.25, 0.3) is 0 Å². The van der Waals surface area contributed by atoms with Gasteiger partial charge in [-0.2, -0.15) is 0 Å². The highest BCUT2D eigenvalue weighted by molar-refractivity contribution is 7.92. The van der Waals surface area contributed by atoms with Gasteiger partial charge in [0.1, 0.15) is 6.54 Å². The highest BCUT2D eigenvalue weighted by Gasteiger charge is 2.22. The number of carbonyl (C=O) groups excluding carboxylic acids is 2. The number of nitrogens with one attached hydrogen (secondary N) is 1. The first-order valence-electron chi connectivity index (χ1n) is 7.84. The zero-order chi connectivity index (χ0) is 19.5. The number of anilines is 2. The van der Waals surface area contributed by atoms with E-state index >= 15 is 0 Å². The summed E-state index contributed by atoms with van der Waals surface area (Å²) in [5.74, 6) is -1.13. The van der Waals surface area contributed by atoms with E-state index in [2.05, 4.69) is 5.32 Å². The van der Waals surface area contributed by atoms with Crippen LogP contribution >= 0.6 is 0 Å². The smallest absolute Gasteiger partial charge is 0.249 e. The van der Waals surface area contributed by atoms with Crippen LogP contribution < -0.4 is 15.4 Å². The third kappa shape index (κ3) is 4.40. The zero-order valence-electron chi connectivity index (χ0n) is 14.8. The lowest BCUT2D eigenvalue weighted by atomic mass is 10.1. The number of benzene rings is 2. The Morgan fingerprint density at radius 3 is 2.31 bits per heavy atom. The molecule has 0 aromatic heterocycles. The molecule has 2 aromatic carbocycles. The Hall–Kier alpha value is -2.87. The maximum Gasteiger partial charge on any atom is 0.249 e. The molecule has 7 nitrogen and oxygen atoms in total. The topological polar surface area (TPSA) is 110 Å². The molecule has 0 atom stereocenters. The number of para-hydroxylation sites is 1. The molecule has 2 amide bonds. The molecule has 0 saturated heterocycles. The number of amides is 2. The Morgan fingerprint density at radius 2 is 1.73 bits per heavy atom. The number of aryl methyl sites for hydroxylation is 1. The molecule has 3 N–H and O–H groups in total. The number of hydrogen-bond donors (Lipinski definition) is 2. The molecule has 138 valence electrons. The van der Waals surface area contributed by atoms with Crippen molar-refractivity contribution in [3.63, 3.8) is 0 Å². The predicted molar refractivity (Wildman–Crippen MR) is 102 cm³/mol. The normalized spacial score (nSPS) is 11.0. The van der Waals surface area contributed by atoms with Crippen molar-refractivity contribution < 1.29 is 18.0 Å². The van der Waals surface area contributed by atoms with Crippen LogP contribution in [0.1, 0.15) is 21.5 Å². The summed E-state index contributed by atoms with van der Waals surface area (Å²) in [7, 11) is -3.66. The maximum absolute atomic E-state index is 12.5. The largest absolute Gasteiger partial charge is 0.366 e. The minimum Gasteiger partial charge on any atom is -0.366 e. The molecule has 0 aliphatic heterocycles. The summed E-state index contributed by atoms with van der Waals surface area (Å²) in [4.78, 5) is 23.9. The highest BCUT2D eigenvalue weighted by atomic mass is 32.2. The van der Waals surface area contributed by atoms with Crippen LogP contribution in [-0.4, -0.2) is 33.0 Å². The van der Waals surface area contributed by atoms with Crippen LogP contribution in [0.2, 0.25) is 0 Å². The summed E-state index contributed by atoms with van der Waals surface area (Å²) in [5.41, 5.74) is 7.70. The van der Waals surface area contributed by atoms with Gasteiger partial charge in [-0.15, -0.1) is 0 Å². The van der Waals surface area contributed by atoms with Crippen LogP contribution in [0.25, 0.3) is 0 Å². The van der Waals surface area contributed by atoms with Gasteiger partial charge in [0.2, 0.25) is 21.8 Å². The maximum atomic E-state index is 12.5. The molecule has 0 heterocycles. The number of sulfonamides is 1. The van der Waals surface area contributed by atoms with Gasteiger partial charge >= 0.3 is 0 Å². The third-order valence-electron chi connectivity index (χ3n) is 3.95. The van der Waals surface area contributed by atoms with Crippen LogP contribution in [0, 0.1) is 13.8 Å². The van der Waals surface area contributed by atoms with Crippen molar-refractivity contribution in [1.29, 1.82) is 0 Å². The number of carbonyl (C=O) groups is 2. The van der Waals surface area contributed by atoms with Gasteiger partial charge in [-0.05, 0) is 43.2 Å². The van der Waals surface area contributed by atoms with Crippen molar-refractivity contribution in [1.82, 2.24) is 0 Å². The van der Waals surface area contributed by atoms with Crippen molar-refractivity contribution in [3.8, 4) is 0 Å². The van der Waals surface area contributed by atoms with Gasteiger partial charge in [0.05, 0.1) is 11.9 Å². The van der Waals surface area contributed by atoms with Crippen LogP contribution in [0.3, 0.4) is 0 Å². The molecule has 0 aliphatic carbocycles. The Bertz CT molecular complexity index is 955. The van der Waals surface area contributed by atoms with Gasteiger partial charge in [0.15, 0.2) is 0 Å². The molecule has 0 unspecified atom stereocenters. The third-order valence-corrected chi connectivity index (χ3v) is 5.07. The number of nitrogens with zero attached hydrogens (tertiary/aromatic N) is 1. The van der Waals surface area contributed by atoms with Crippen LogP contribution in [0.5, 0.6) is 0 Å². The lowest BCUT2D eigenvalue weighted by Crippen LogP contribution is -2.38. The fourth-order valence-corrected chi connectivity index (χ4v) is 3.50. The van der Waals surface area contributed by atoms with E-state index in [1.807, 2.05) is 0 Å². The van der Waals surface area contributed by atoms with E-state index in [4.69, 9.17) is 5.73 Å². The predicted octanol–water partition coefficient (Wildman–Crippen LogP) is 1.81. The fraction of sp³-hybridized carbons (Fsp3) is 0.222. The first kappa shape index (κ1) is 19.5. The first-order valence-corrected chi connectivity index (χ1v) is 9.68. The van der Waals surface area contributed by atoms with Crippen LogP contribution in [0.4, 0.5) is 11.4 Å². The Balaban J connectivity index is 2.29. The van der Waals surface area contributed by atoms with Crippen molar-refractivity contribution in [2.75, 3.05) is 22.4 Å². The van der Waals surface area contributed by atoms with Gasteiger partial charge in [-0.3, -0.25) is 13.9 Å². The molecule has 0 fully saturated rings. The molecule has 0 saturated carbocycles. The summed E-state index contributed by atoms with van der Waals surface area (Å²) in [6.45, 7) is 3.04. The second-order valence-electron chi connectivity index (χ2n) is 5.95. The molecule has 0 radical (unpaired) electrons.